The minimum absolute atomic E-state index is 0.0889. The van der Waals surface area contributed by atoms with Gasteiger partial charge in [-0.05, 0) is 19.9 Å². The number of aliphatic hydroxyl groups excluding tert-OH is 1. The highest BCUT2D eigenvalue weighted by atomic mass is 16.4. The molecular weight excluding hydrogens is 196 g/mol. The third kappa shape index (κ3) is 2.92. The Hall–Kier alpha value is -1.62. The Balaban J connectivity index is 2.99. The van der Waals surface area contributed by atoms with Crippen molar-refractivity contribution in [3.8, 4) is 0 Å². The van der Waals surface area contributed by atoms with Crippen LogP contribution in [0.15, 0.2) is 18.5 Å². The molecule has 0 aliphatic carbocycles. The van der Waals surface area contributed by atoms with E-state index in [4.69, 9.17) is 10.2 Å². The van der Waals surface area contributed by atoms with E-state index in [1.165, 1.54) is 12.4 Å². The average Bonchev–Trinajstić information content (AvgIpc) is 2.18. The second kappa shape index (κ2) is 4.27. The van der Waals surface area contributed by atoms with Gasteiger partial charge in [-0.25, -0.2) is 4.79 Å². The number of pyridine rings is 1. The average molecular weight is 210 g/mol. The zero-order valence-corrected chi connectivity index (χ0v) is 8.69. The molecule has 0 radical (unpaired) electrons. The van der Waals surface area contributed by atoms with Gasteiger partial charge in [-0.3, -0.25) is 4.98 Å². The van der Waals surface area contributed by atoms with Crippen molar-refractivity contribution in [2.75, 3.05) is 11.9 Å². The van der Waals surface area contributed by atoms with E-state index >= 15 is 0 Å². The number of nitrogens with one attached hydrogen (secondary N) is 1. The smallest absolute Gasteiger partial charge is 0.339 e. The maximum Gasteiger partial charge on any atom is 0.339 e. The first kappa shape index (κ1) is 11.5. The molecule has 1 rings (SSSR count). The van der Waals surface area contributed by atoms with Gasteiger partial charge in [-0.15, -0.1) is 0 Å². The molecule has 0 spiro atoms. The summed E-state index contributed by atoms with van der Waals surface area (Å²) in [6.45, 7) is 3.46. The van der Waals surface area contributed by atoms with Gasteiger partial charge in [0, 0.05) is 12.4 Å². The van der Waals surface area contributed by atoms with Crippen LogP contribution in [0.2, 0.25) is 0 Å². The van der Waals surface area contributed by atoms with E-state index in [1.54, 1.807) is 19.9 Å². The lowest BCUT2D eigenvalue weighted by Crippen LogP contribution is -2.35. The predicted molar refractivity (Wildman–Crippen MR) is 56.0 cm³/mol. The van der Waals surface area contributed by atoms with Crippen molar-refractivity contribution in [1.29, 1.82) is 0 Å². The van der Waals surface area contributed by atoms with Crippen molar-refractivity contribution in [1.82, 2.24) is 4.98 Å². The summed E-state index contributed by atoms with van der Waals surface area (Å²) in [6.07, 6.45) is 2.78. The number of carboxylic acid groups (broad SMARTS) is 1. The maximum atomic E-state index is 10.9. The number of anilines is 1. The van der Waals surface area contributed by atoms with Crippen LogP contribution in [-0.2, 0) is 0 Å². The first-order valence-corrected chi connectivity index (χ1v) is 4.52. The van der Waals surface area contributed by atoms with Gasteiger partial charge in [0.15, 0.2) is 0 Å². The van der Waals surface area contributed by atoms with E-state index in [-0.39, 0.29) is 12.2 Å². The lowest BCUT2D eigenvalue weighted by atomic mass is 10.1. The Morgan fingerprint density at radius 2 is 2.27 bits per heavy atom. The van der Waals surface area contributed by atoms with Crippen LogP contribution in [0.4, 0.5) is 5.69 Å². The molecule has 0 atom stereocenters. The molecule has 5 nitrogen and oxygen atoms in total. The van der Waals surface area contributed by atoms with Crippen LogP contribution >= 0.6 is 0 Å². The Morgan fingerprint density at radius 1 is 1.60 bits per heavy atom. The molecule has 0 saturated carbocycles. The molecule has 5 heteroatoms. The Kier molecular flexibility index (Phi) is 3.26. The summed E-state index contributed by atoms with van der Waals surface area (Å²) in [6, 6.07) is 1.57. The van der Waals surface area contributed by atoms with Gasteiger partial charge < -0.3 is 15.5 Å². The molecule has 0 unspecified atom stereocenters. The molecule has 0 amide bonds. The number of hydrogen-bond donors (Lipinski definition) is 3. The van der Waals surface area contributed by atoms with E-state index in [9.17, 15) is 4.79 Å². The van der Waals surface area contributed by atoms with Gasteiger partial charge in [-0.2, -0.15) is 0 Å². The molecule has 0 aliphatic rings. The van der Waals surface area contributed by atoms with Crippen molar-refractivity contribution < 1.29 is 15.0 Å². The lowest BCUT2D eigenvalue weighted by molar-refractivity contribution is 0.0697. The molecule has 0 saturated heterocycles. The largest absolute Gasteiger partial charge is 0.478 e. The zero-order chi connectivity index (χ0) is 11.5. The molecule has 82 valence electrons. The van der Waals surface area contributed by atoms with Crippen LogP contribution < -0.4 is 5.32 Å². The predicted octanol–water partition coefficient (Wildman–Crippen LogP) is 0.963. The van der Waals surface area contributed by atoms with Crippen molar-refractivity contribution >= 4 is 11.7 Å². The minimum Gasteiger partial charge on any atom is -0.478 e. The molecule has 0 aliphatic heterocycles. The van der Waals surface area contributed by atoms with E-state index in [0.29, 0.717) is 5.69 Å². The monoisotopic (exact) mass is 210 g/mol. The molecule has 1 aromatic rings. The number of nitrogens with zero attached hydrogens (tertiary/aromatic N) is 1. The Morgan fingerprint density at radius 3 is 2.80 bits per heavy atom. The summed E-state index contributed by atoms with van der Waals surface area (Å²) in [7, 11) is 0. The van der Waals surface area contributed by atoms with Gasteiger partial charge in [0.1, 0.15) is 5.56 Å². The van der Waals surface area contributed by atoms with Crippen molar-refractivity contribution in [2.24, 2.45) is 0 Å². The van der Waals surface area contributed by atoms with E-state index in [2.05, 4.69) is 10.3 Å². The summed E-state index contributed by atoms with van der Waals surface area (Å²) >= 11 is 0. The van der Waals surface area contributed by atoms with Gasteiger partial charge in [0.25, 0.3) is 0 Å². The third-order valence-electron chi connectivity index (χ3n) is 1.92. The Labute approximate surface area is 87.8 Å². The number of aromatic carboxylic acids is 1. The molecule has 0 aromatic carbocycles. The highest BCUT2D eigenvalue weighted by Gasteiger charge is 2.19. The normalized spacial score (nSPS) is 11.1. The van der Waals surface area contributed by atoms with Crippen LogP contribution in [0.1, 0.15) is 24.2 Å². The fourth-order valence-electron chi connectivity index (χ4n) is 1.08. The third-order valence-corrected chi connectivity index (χ3v) is 1.92. The zero-order valence-electron chi connectivity index (χ0n) is 8.69. The summed E-state index contributed by atoms with van der Waals surface area (Å²) < 4.78 is 0. The SMILES string of the molecule is CC(C)(CO)Nc1ccncc1C(=O)O. The van der Waals surface area contributed by atoms with Crippen LogP contribution in [0.3, 0.4) is 0 Å². The van der Waals surface area contributed by atoms with E-state index in [0.717, 1.165) is 0 Å². The maximum absolute atomic E-state index is 10.9. The quantitative estimate of drug-likeness (QED) is 0.689. The van der Waals surface area contributed by atoms with Gasteiger partial charge in [0.2, 0.25) is 0 Å². The van der Waals surface area contributed by atoms with Gasteiger partial charge >= 0.3 is 5.97 Å². The molecule has 0 fully saturated rings. The minimum atomic E-state index is -1.04. The second-order valence-electron chi connectivity index (χ2n) is 3.89. The topological polar surface area (TPSA) is 82.5 Å². The van der Waals surface area contributed by atoms with Crippen LogP contribution in [0.25, 0.3) is 0 Å². The molecule has 1 aromatic heterocycles. The van der Waals surface area contributed by atoms with Crippen molar-refractivity contribution in [2.45, 2.75) is 19.4 Å². The first-order chi connectivity index (χ1) is 6.96. The molecular formula is C10H14N2O3. The summed E-state index contributed by atoms with van der Waals surface area (Å²) in [5.74, 6) is -1.04. The fraction of sp³-hybridized carbons (Fsp3) is 0.400. The van der Waals surface area contributed by atoms with E-state index in [1.807, 2.05) is 0 Å². The van der Waals surface area contributed by atoms with Crippen LogP contribution in [-0.4, -0.2) is 33.3 Å². The molecule has 1 heterocycles. The number of aliphatic hydroxyl groups is 1. The first-order valence-electron chi connectivity index (χ1n) is 4.52. The van der Waals surface area contributed by atoms with E-state index < -0.39 is 11.5 Å². The fourth-order valence-corrected chi connectivity index (χ4v) is 1.08. The number of carbonyl (C=O) groups is 1. The number of rotatable bonds is 4. The van der Waals surface area contributed by atoms with Crippen molar-refractivity contribution in [3.63, 3.8) is 0 Å². The number of hydrogen-bond acceptors (Lipinski definition) is 4. The summed E-state index contributed by atoms with van der Waals surface area (Å²) in [5.41, 5.74) is -0.0125. The standard InChI is InChI=1S/C10H14N2O3/c1-10(2,6-13)12-8-3-4-11-5-7(8)9(14)15/h3-5,13H,6H2,1-2H3,(H,11,12)(H,14,15). The summed E-state index contributed by atoms with van der Waals surface area (Å²) in [5, 5.41) is 20.9. The molecule has 0 bridgehead atoms. The van der Waals surface area contributed by atoms with Gasteiger partial charge in [-0.1, -0.05) is 0 Å². The summed E-state index contributed by atoms with van der Waals surface area (Å²) in [4.78, 5) is 14.6. The highest BCUT2D eigenvalue weighted by molar-refractivity contribution is 5.93. The lowest BCUT2D eigenvalue weighted by Gasteiger charge is -2.25. The highest BCUT2D eigenvalue weighted by Crippen LogP contribution is 2.18. The molecule has 3 N–H and O–H groups in total. The van der Waals surface area contributed by atoms with Crippen LogP contribution in [0.5, 0.6) is 0 Å². The van der Waals surface area contributed by atoms with Crippen molar-refractivity contribution in [3.05, 3.63) is 24.0 Å². The van der Waals surface area contributed by atoms with Gasteiger partial charge in [0.05, 0.1) is 17.8 Å². The number of carboxylic acids is 1. The Bertz CT molecular complexity index is 363. The van der Waals surface area contributed by atoms with Crippen LogP contribution in [0, 0.1) is 0 Å². The molecule has 15 heavy (non-hydrogen) atoms. The number of aromatic nitrogens is 1. The second-order valence-corrected chi connectivity index (χ2v) is 3.89.